The van der Waals surface area contributed by atoms with Gasteiger partial charge in [-0.3, -0.25) is 14.4 Å². The maximum Gasteiger partial charge on any atom is 0.261 e. The fourth-order valence-electron chi connectivity index (χ4n) is 3.03. The van der Waals surface area contributed by atoms with Crippen LogP contribution in [0.3, 0.4) is 0 Å². The Morgan fingerprint density at radius 1 is 1.00 bits per heavy atom. The topological polar surface area (TPSA) is 69.7 Å². The lowest BCUT2D eigenvalue weighted by molar-refractivity contribution is -0.130. The van der Waals surface area contributed by atoms with Crippen molar-refractivity contribution >= 4 is 34.6 Å². The summed E-state index contributed by atoms with van der Waals surface area (Å²) >= 11 is 1.42. The number of amides is 2. The summed E-state index contributed by atoms with van der Waals surface area (Å²) in [5.74, 6) is -0.217. The molecular weight excluding hydrogens is 362 g/mol. The number of thiophene rings is 1. The van der Waals surface area contributed by atoms with Crippen LogP contribution >= 0.6 is 11.3 Å². The molecule has 0 bridgehead atoms. The van der Waals surface area contributed by atoms with Gasteiger partial charge in [-0.15, -0.1) is 11.3 Å². The van der Waals surface area contributed by atoms with Crippen LogP contribution in [0, 0.1) is 6.92 Å². The maximum atomic E-state index is 12.4. The zero-order valence-corrected chi connectivity index (χ0v) is 16.3. The van der Waals surface area contributed by atoms with Gasteiger partial charge in [0, 0.05) is 42.3 Å². The molecule has 0 unspecified atom stereocenters. The number of carbonyl (C=O) groups excluding carboxylic acids is 3. The summed E-state index contributed by atoms with van der Waals surface area (Å²) < 4.78 is 0. The van der Waals surface area contributed by atoms with E-state index >= 15 is 0 Å². The Labute approximate surface area is 162 Å². The van der Waals surface area contributed by atoms with Crippen LogP contribution in [0.5, 0.6) is 0 Å². The Balaban J connectivity index is 1.47. The van der Waals surface area contributed by atoms with Crippen molar-refractivity contribution in [3.63, 3.8) is 0 Å². The maximum absolute atomic E-state index is 12.4. The second-order valence-corrected chi connectivity index (χ2v) is 7.85. The first-order chi connectivity index (χ1) is 12.9. The largest absolute Gasteiger partial charge is 0.368 e. The molecule has 0 saturated carbocycles. The second kappa shape index (κ2) is 8.35. The number of rotatable bonds is 5. The van der Waals surface area contributed by atoms with Gasteiger partial charge in [-0.25, -0.2) is 0 Å². The number of piperazine rings is 1. The number of nitrogens with one attached hydrogen (secondary N) is 1. The van der Waals surface area contributed by atoms with Crippen molar-refractivity contribution in [1.82, 2.24) is 10.2 Å². The predicted molar refractivity (Wildman–Crippen MR) is 107 cm³/mol. The summed E-state index contributed by atoms with van der Waals surface area (Å²) in [6.45, 7) is 6.19. The van der Waals surface area contributed by atoms with Crippen LogP contribution in [-0.4, -0.2) is 55.2 Å². The number of ketones is 1. The molecule has 0 radical (unpaired) electrons. The zero-order chi connectivity index (χ0) is 19.4. The summed E-state index contributed by atoms with van der Waals surface area (Å²) in [5, 5.41) is 2.70. The summed E-state index contributed by atoms with van der Waals surface area (Å²) in [6, 6.07) is 11.2. The number of benzene rings is 1. The van der Waals surface area contributed by atoms with E-state index in [1.807, 2.05) is 37.3 Å². The van der Waals surface area contributed by atoms with E-state index in [1.54, 1.807) is 17.9 Å². The molecule has 3 rings (SSSR count). The molecule has 1 fully saturated rings. The van der Waals surface area contributed by atoms with Crippen LogP contribution < -0.4 is 10.2 Å². The van der Waals surface area contributed by atoms with Crippen molar-refractivity contribution < 1.29 is 14.4 Å². The Bertz CT molecular complexity index is 836. The number of nitrogens with zero attached hydrogens (tertiary/aromatic N) is 2. The molecule has 1 aliphatic rings. The fraction of sp³-hybridized carbons (Fsp3) is 0.350. The Morgan fingerprint density at radius 2 is 1.67 bits per heavy atom. The highest BCUT2D eigenvalue weighted by Crippen LogP contribution is 2.18. The van der Waals surface area contributed by atoms with Gasteiger partial charge in [0.1, 0.15) is 0 Å². The van der Waals surface area contributed by atoms with Gasteiger partial charge in [-0.05, 0) is 50.2 Å². The highest BCUT2D eigenvalue weighted by atomic mass is 32.1. The number of hydrogen-bond donors (Lipinski definition) is 1. The van der Waals surface area contributed by atoms with Crippen LogP contribution in [0.4, 0.5) is 5.69 Å². The molecule has 1 aliphatic heterocycles. The summed E-state index contributed by atoms with van der Waals surface area (Å²) in [4.78, 5) is 41.4. The van der Waals surface area contributed by atoms with Crippen molar-refractivity contribution in [3.8, 4) is 0 Å². The number of hydrogen-bond acceptors (Lipinski definition) is 5. The first kappa shape index (κ1) is 19.1. The highest BCUT2D eigenvalue weighted by molar-refractivity contribution is 7.13. The molecule has 27 heavy (non-hydrogen) atoms. The van der Waals surface area contributed by atoms with Crippen molar-refractivity contribution in [3.05, 3.63) is 51.7 Å². The van der Waals surface area contributed by atoms with E-state index in [9.17, 15) is 14.4 Å². The quantitative estimate of drug-likeness (QED) is 0.802. The summed E-state index contributed by atoms with van der Waals surface area (Å²) in [5.41, 5.74) is 1.75. The van der Waals surface area contributed by atoms with Gasteiger partial charge in [-0.2, -0.15) is 0 Å². The number of Topliss-reactive ketones (excluding diaryl/α,β-unsaturated/α-hetero) is 1. The summed E-state index contributed by atoms with van der Waals surface area (Å²) in [7, 11) is 0. The van der Waals surface area contributed by atoms with Crippen LogP contribution in [-0.2, 0) is 4.79 Å². The van der Waals surface area contributed by atoms with E-state index in [0.717, 1.165) is 23.7 Å². The van der Waals surface area contributed by atoms with Gasteiger partial charge in [0.05, 0.1) is 11.4 Å². The first-order valence-electron chi connectivity index (χ1n) is 8.92. The molecule has 2 heterocycles. The van der Waals surface area contributed by atoms with E-state index in [0.29, 0.717) is 23.5 Å². The minimum absolute atomic E-state index is 0.0170. The van der Waals surface area contributed by atoms with Gasteiger partial charge in [0.15, 0.2) is 5.78 Å². The molecule has 1 saturated heterocycles. The molecule has 0 aliphatic carbocycles. The molecule has 0 spiro atoms. The lowest BCUT2D eigenvalue weighted by Gasteiger charge is -2.36. The SMILES string of the molecule is CC(=O)c1ccc(N2CCN(C(=O)CNC(=O)c3ccc(C)s3)CC2)cc1. The Kier molecular flexibility index (Phi) is 5.91. The molecule has 2 aromatic rings. The molecule has 0 atom stereocenters. The van der Waals surface area contributed by atoms with E-state index < -0.39 is 0 Å². The van der Waals surface area contributed by atoms with Crippen LogP contribution in [0.25, 0.3) is 0 Å². The van der Waals surface area contributed by atoms with Gasteiger partial charge in [-0.1, -0.05) is 0 Å². The molecular formula is C20H23N3O3S. The smallest absolute Gasteiger partial charge is 0.261 e. The lowest BCUT2D eigenvalue weighted by atomic mass is 10.1. The monoisotopic (exact) mass is 385 g/mol. The standard InChI is InChI=1S/C20H23N3O3S/c1-14-3-8-18(27-14)20(26)21-13-19(25)23-11-9-22(10-12-23)17-6-4-16(5-7-17)15(2)24/h3-8H,9-13H2,1-2H3,(H,21,26). The summed E-state index contributed by atoms with van der Waals surface area (Å²) in [6.07, 6.45) is 0. The fourth-order valence-corrected chi connectivity index (χ4v) is 3.82. The van der Waals surface area contributed by atoms with Crippen molar-refractivity contribution in [1.29, 1.82) is 0 Å². The van der Waals surface area contributed by atoms with E-state index in [1.165, 1.54) is 11.3 Å². The minimum Gasteiger partial charge on any atom is -0.368 e. The average molecular weight is 385 g/mol. The normalized spacial score (nSPS) is 14.1. The molecule has 1 N–H and O–H groups in total. The average Bonchev–Trinajstić information content (AvgIpc) is 3.12. The van der Waals surface area contributed by atoms with Gasteiger partial charge < -0.3 is 15.1 Å². The number of aryl methyl sites for hydroxylation is 1. The van der Waals surface area contributed by atoms with E-state index in [-0.39, 0.29) is 24.1 Å². The molecule has 7 heteroatoms. The Hall–Kier alpha value is -2.67. The van der Waals surface area contributed by atoms with Crippen molar-refractivity contribution in [2.45, 2.75) is 13.8 Å². The van der Waals surface area contributed by atoms with Crippen molar-refractivity contribution in [2.75, 3.05) is 37.6 Å². The molecule has 1 aromatic carbocycles. The van der Waals surface area contributed by atoms with Gasteiger partial charge in [0.2, 0.25) is 5.91 Å². The third kappa shape index (κ3) is 4.74. The molecule has 2 amide bonds. The van der Waals surface area contributed by atoms with E-state index in [4.69, 9.17) is 0 Å². The second-order valence-electron chi connectivity index (χ2n) is 6.56. The number of carbonyl (C=O) groups is 3. The predicted octanol–water partition coefficient (Wildman–Crippen LogP) is 2.34. The highest BCUT2D eigenvalue weighted by Gasteiger charge is 2.22. The van der Waals surface area contributed by atoms with Gasteiger partial charge in [0.25, 0.3) is 5.91 Å². The zero-order valence-electron chi connectivity index (χ0n) is 15.5. The minimum atomic E-state index is -0.203. The molecule has 6 nitrogen and oxygen atoms in total. The van der Waals surface area contributed by atoms with Crippen LogP contribution in [0.15, 0.2) is 36.4 Å². The van der Waals surface area contributed by atoms with Gasteiger partial charge >= 0.3 is 0 Å². The first-order valence-corrected chi connectivity index (χ1v) is 9.74. The Morgan fingerprint density at radius 3 is 2.22 bits per heavy atom. The molecule has 142 valence electrons. The third-order valence-corrected chi connectivity index (χ3v) is 5.64. The molecule has 1 aromatic heterocycles. The van der Waals surface area contributed by atoms with Crippen LogP contribution in [0.1, 0.15) is 31.8 Å². The van der Waals surface area contributed by atoms with Crippen LogP contribution in [0.2, 0.25) is 0 Å². The lowest BCUT2D eigenvalue weighted by Crippen LogP contribution is -2.51. The number of anilines is 1. The third-order valence-electron chi connectivity index (χ3n) is 4.64. The van der Waals surface area contributed by atoms with Crippen molar-refractivity contribution in [2.24, 2.45) is 0 Å². The van der Waals surface area contributed by atoms with E-state index in [2.05, 4.69) is 10.2 Å².